The standard InChI is InChI=1S/C22H26N6/c1-12-7-8-19-23-10-18(28(19)11-12)20-13(2)9-24-22(26-20)27-21-15(4)14(3)16(5)25-17(21)6/h7-11,22,26-27H,1-6H3. The molecule has 3 aromatic rings. The van der Waals surface area contributed by atoms with Crippen LogP contribution in [0.1, 0.15) is 40.7 Å². The van der Waals surface area contributed by atoms with E-state index in [-0.39, 0.29) is 6.29 Å². The number of aromatic nitrogens is 3. The van der Waals surface area contributed by atoms with Gasteiger partial charge in [-0.2, -0.15) is 0 Å². The molecule has 0 saturated carbocycles. The van der Waals surface area contributed by atoms with Crippen molar-refractivity contribution in [3.05, 3.63) is 63.9 Å². The lowest BCUT2D eigenvalue weighted by Gasteiger charge is -2.26. The van der Waals surface area contributed by atoms with E-state index < -0.39 is 0 Å². The molecule has 0 fully saturated rings. The van der Waals surface area contributed by atoms with Gasteiger partial charge in [0, 0.05) is 18.1 Å². The first-order valence-electron chi connectivity index (χ1n) is 9.50. The minimum absolute atomic E-state index is 0.268. The van der Waals surface area contributed by atoms with Crippen molar-refractivity contribution in [2.24, 2.45) is 4.99 Å². The van der Waals surface area contributed by atoms with Crippen LogP contribution in [0.5, 0.6) is 0 Å². The largest absolute Gasteiger partial charge is 0.345 e. The normalized spacial score (nSPS) is 16.6. The summed E-state index contributed by atoms with van der Waals surface area (Å²) in [6.07, 6.45) is 5.66. The first-order valence-corrected chi connectivity index (χ1v) is 9.50. The number of allylic oxidation sites excluding steroid dienone is 1. The van der Waals surface area contributed by atoms with Crippen LogP contribution in [0, 0.1) is 34.6 Å². The molecule has 0 radical (unpaired) electrons. The van der Waals surface area contributed by atoms with Crippen molar-refractivity contribution >= 4 is 23.2 Å². The van der Waals surface area contributed by atoms with Crippen molar-refractivity contribution in [1.29, 1.82) is 0 Å². The van der Waals surface area contributed by atoms with Gasteiger partial charge in [0.25, 0.3) is 0 Å². The second-order valence-corrected chi connectivity index (χ2v) is 7.51. The lowest BCUT2D eigenvalue weighted by molar-refractivity contribution is 0.689. The van der Waals surface area contributed by atoms with E-state index in [0.29, 0.717) is 0 Å². The van der Waals surface area contributed by atoms with Crippen LogP contribution in [0.2, 0.25) is 0 Å². The number of imidazole rings is 1. The van der Waals surface area contributed by atoms with Crippen molar-refractivity contribution in [2.75, 3.05) is 5.32 Å². The van der Waals surface area contributed by atoms with Crippen LogP contribution in [0.3, 0.4) is 0 Å². The molecule has 1 atom stereocenters. The predicted molar refractivity (Wildman–Crippen MR) is 115 cm³/mol. The molecule has 28 heavy (non-hydrogen) atoms. The molecule has 0 aromatic carbocycles. The third-order valence-electron chi connectivity index (χ3n) is 5.46. The molecule has 0 aliphatic carbocycles. The Labute approximate surface area is 165 Å². The van der Waals surface area contributed by atoms with Crippen LogP contribution >= 0.6 is 0 Å². The summed E-state index contributed by atoms with van der Waals surface area (Å²) in [5, 5.41) is 7.06. The van der Waals surface area contributed by atoms with Gasteiger partial charge >= 0.3 is 0 Å². The number of aryl methyl sites for hydroxylation is 3. The van der Waals surface area contributed by atoms with Gasteiger partial charge in [-0.15, -0.1) is 0 Å². The summed E-state index contributed by atoms with van der Waals surface area (Å²) in [6.45, 7) is 12.5. The molecule has 1 unspecified atom stereocenters. The Bertz CT molecular complexity index is 1140. The number of pyridine rings is 2. The van der Waals surface area contributed by atoms with E-state index in [1.54, 1.807) is 0 Å². The molecule has 6 heteroatoms. The summed E-state index contributed by atoms with van der Waals surface area (Å²) in [5.74, 6) is 0. The Balaban J connectivity index is 1.67. The average molecular weight is 374 g/mol. The van der Waals surface area contributed by atoms with Gasteiger partial charge in [0.15, 0.2) is 6.29 Å². The van der Waals surface area contributed by atoms with Crippen molar-refractivity contribution < 1.29 is 0 Å². The maximum absolute atomic E-state index is 4.67. The summed E-state index contributed by atoms with van der Waals surface area (Å²) in [5.41, 5.74) is 10.7. The topological polar surface area (TPSA) is 66.6 Å². The molecule has 0 amide bonds. The van der Waals surface area contributed by atoms with Crippen LogP contribution in [0.4, 0.5) is 5.69 Å². The van der Waals surface area contributed by atoms with E-state index in [1.165, 1.54) is 16.7 Å². The molecule has 0 saturated heterocycles. The minimum Gasteiger partial charge on any atom is -0.345 e. The van der Waals surface area contributed by atoms with Gasteiger partial charge in [-0.1, -0.05) is 6.07 Å². The first kappa shape index (κ1) is 18.2. The van der Waals surface area contributed by atoms with E-state index in [1.807, 2.05) is 32.3 Å². The van der Waals surface area contributed by atoms with E-state index in [9.17, 15) is 0 Å². The molecule has 0 spiro atoms. The van der Waals surface area contributed by atoms with Crippen LogP contribution in [-0.4, -0.2) is 26.9 Å². The monoisotopic (exact) mass is 374 g/mol. The number of aliphatic imine (C=N–C) groups is 1. The zero-order valence-electron chi connectivity index (χ0n) is 17.3. The van der Waals surface area contributed by atoms with Gasteiger partial charge in [-0.25, -0.2) is 9.98 Å². The Hall–Kier alpha value is -3.15. The van der Waals surface area contributed by atoms with Crippen molar-refractivity contribution in [3.8, 4) is 0 Å². The highest BCUT2D eigenvalue weighted by Crippen LogP contribution is 2.26. The molecule has 4 rings (SSSR count). The van der Waals surface area contributed by atoms with Crippen LogP contribution in [0.15, 0.2) is 35.1 Å². The van der Waals surface area contributed by atoms with Crippen molar-refractivity contribution in [3.63, 3.8) is 0 Å². The zero-order chi connectivity index (χ0) is 20.0. The van der Waals surface area contributed by atoms with Crippen molar-refractivity contribution in [1.82, 2.24) is 19.7 Å². The number of hydrogen-bond donors (Lipinski definition) is 2. The quantitative estimate of drug-likeness (QED) is 0.725. The molecule has 144 valence electrons. The Kier molecular flexibility index (Phi) is 4.41. The molecule has 0 bridgehead atoms. The second-order valence-electron chi connectivity index (χ2n) is 7.51. The summed E-state index contributed by atoms with van der Waals surface area (Å²) >= 11 is 0. The Morgan fingerprint density at radius 2 is 1.79 bits per heavy atom. The molecule has 1 aliphatic rings. The Morgan fingerprint density at radius 3 is 2.57 bits per heavy atom. The summed E-state index contributed by atoms with van der Waals surface area (Å²) in [7, 11) is 0. The highest BCUT2D eigenvalue weighted by Gasteiger charge is 2.20. The maximum atomic E-state index is 4.67. The molecule has 6 nitrogen and oxygen atoms in total. The van der Waals surface area contributed by atoms with Gasteiger partial charge in [-0.05, 0) is 69.9 Å². The van der Waals surface area contributed by atoms with Gasteiger partial charge in [0.1, 0.15) is 5.65 Å². The molecule has 3 aromatic heterocycles. The minimum atomic E-state index is -0.268. The smallest absolute Gasteiger partial charge is 0.194 e. The van der Waals surface area contributed by atoms with Crippen LogP contribution < -0.4 is 10.6 Å². The van der Waals surface area contributed by atoms with Crippen molar-refractivity contribution in [2.45, 2.75) is 47.8 Å². The lowest BCUT2D eigenvalue weighted by atomic mass is 10.1. The third kappa shape index (κ3) is 3.05. The fraction of sp³-hybridized carbons (Fsp3) is 0.318. The highest BCUT2D eigenvalue weighted by atomic mass is 15.3. The fourth-order valence-electron chi connectivity index (χ4n) is 3.63. The van der Waals surface area contributed by atoms with E-state index >= 15 is 0 Å². The SMILES string of the molecule is CC1=C(c2cnc3ccc(C)cn23)NC(Nc2c(C)nc(C)c(C)c2C)N=C1. The molecular weight excluding hydrogens is 348 g/mol. The van der Waals surface area contributed by atoms with Crippen LogP contribution in [-0.2, 0) is 0 Å². The molecule has 1 aliphatic heterocycles. The second kappa shape index (κ2) is 6.78. The number of nitrogens with one attached hydrogen (secondary N) is 2. The number of fused-ring (bicyclic) bond motifs is 1. The summed E-state index contributed by atoms with van der Waals surface area (Å²) in [6, 6.07) is 4.11. The number of anilines is 1. The number of rotatable bonds is 3. The van der Waals surface area contributed by atoms with E-state index in [4.69, 9.17) is 0 Å². The van der Waals surface area contributed by atoms with Crippen LogP contribution in [0.25, 0.3) is 11.3 Å². The molecule has 4 heterocycles. The van der Waals surface area contributed by atoms with Gasteiger partial charge < -0.3 is 10.6 Å². The van der Waals surface area contributed by atoms with Gasteiger partial charge in [0.2, 0.25) is 0 Å². The number of nitrogens with zero attached hydrogens (tertiary/aromatic N) is 4. The first-order chi connectivity index (χ1) is 13.3. The summed E-state index contributed by atoms with van der Waals surface area (Å²) in [4.78, 5) is 13.8. The predicted octanol–water partition coefficient (Wildman–Crippen LogP) is 4.07. The average Bonchev–Trinajstić information content (AvgIpc) is 3.07. The Morgan fingerprint density at radius 1 is 1.00 bits per heavy atom. The third-order valence-corrected chi connectivity index (χ3v) is 5.46. The zero-order valence-corrected chi connectivity index (χ0v) is 17.3. The van der Waals surface area contributed by atoms with E-state index in [0.717, 1.165) is 39.7 Å². The molecule has 2 N–H and O–H groups in total. The maximum Gasteiger partial charge on any atom is 0.194 e. The van der Waals surface area contributed by atoms with Gasteiger partial charge in [0.05, 0.1) is 29.0 Å². The number of hydrogen-bond acceptors (Lipinski definition) is 5. The molecular formula is C22H26N6. The van der Waals surface area contributed by atoms with Gasteiger partial charge in [-0.3, -0.25) is 9.38 Å². The van der Waals surface area contributed by atoms with E-state index in [2.05, 4.69) is 70.0 Å². The lowest BCUT2D eigenvalue weighted by Crippen LogP contribution is -2.37. The summed E-state index contributed by atoms with van der Waals surface area (Å²) < 4.78 is 2.12. The highest BCUT2D eigenvalue weighted by molar-refractivity contribution is 5.91. The fourth-order valence-corrected chi connectivity index (χ4v) is 3.63.